The van der Waals surface area contributed by atoms with Crippen LogP contribution in [0.4, 0.5) is 0 Å². The van der Waals surface area contributed by atoms with Crippen LogP contribution < -0.4 is 5.73 Å². The van der Waals surface area contributed by atoms with E-state index in [-0.39, 0.29) is 0 Å². The van der Waals surface area contributed by atoms with Gasteiger partial charge in [0.05, 0.1) is 6.04 Å². The van der Waals surface area contributed by atoms with Gasteiger partial charge in [-0.2, -0.15) is 0 Å². The molecule has 3 rings (SSSR count). The lowest BCUT2D eigenvalue weighted by molar-refractivity contribution is 0.175. The lowest BCUT2D eigenvalue weighted by Crippen LogP contribution is -2.41. The first-order valence-corrected chi connectivity index (χ1v) is 8.67. The number of nitrogens with two attached hydrogens (primary N) is 1. The maximum atomic E-state index is 6.49. The van der Waals surface area contributed by atoms with Crippen LogP contribution in [0.15, 0.2) is 29.2 Å². The fourth-order valence-corrected chi connectivity index (χ4v) is 3.68. The highest BCUT2D eigenvalue weighted by atomic mass is 32.2. The zero-order valence-corrected chi connectivity index (χ0v) is 12.5. The lowest BCUT2D eigenvalue weighted by atomic mass is 9.96. The molecule has 2 N–H and O–H groups in total. The molecule has 1 aliphatic carbocycles. The molecule has 2 fully saturated rings. The third kappa shape index (κ3) is 2.99. The van der Waals surface area contributed by atoms with Gasteiger partial charge in [-0.3, -0.25) is 4.90 Å². The van der Waals surface area contributed by atoms with Crippen LogP contribution in [0.1, 0.15) is 43.7 Å². The molecule has 1 aromatic rings. The minimum atomic E-state index is 0.295. The monoisotopic (exact) mass is 276 g/mol. The molecule has 2 aliphatic rings. The summed E-state index contributed by atoms with van der Waals surface area (Å²) in [5, 5.41) is 0. The maximum absolute atomic E-state index is 6.49. The van der Waals surface area contributed by atoms with Gasteiger partial charge in [0, 0.05) is 17.0 Å². The van der Waals surface area contributed by atoms with Crippen molar-refractivity contribution in [1.82, 2.24) is 4.90 Å². The second-order valence-corrected chi connectivity index (χ2v) is 6.73. The van der Waals surface area contributed by atoms with Crippen molar-refractivity contribution in [2.24, 2.45) is 5.73 Å². The number of nitrogens with zero attached hydrogens (tertiary/aromatic N) is 1. The predicted octanol–water partition coefficient (Wildman–Crippen LogP) is 3.43. The summed E-state index contributed by atoms with van der Waals surface area (Å²) in [6.07, 6.45) is 8.62. The molecule has 0 amide bonds. The molecule has 0 spiro atoms. The molecule has 1 saturated carbocycles. The first-order valence-electron chi connectivity index (χ1n) is 7.45. The van der Waals surface area contributed by atoms with E-state index in [0.29, 0.717) is 12.1 Å². The molecular weight excluding hydrogens is 252 g/mol. The van der Waals surface area contributed by atoms with Gasteiger partial charge >= 0.3 is 0 Å². The third-order valence-corrected chi connectivity index (χ3v) is 5.18. The summed E-state index contributed by atoms with van der Waals surface area (Å²) in [7, 11) is 0. The minimum absolute atomic E-state index is 0.295. The summed E-state index contributed by atoms with van der Waals surface area (Å²) in [5.41, 5.74) is 7.91. The molecule has 3 heteroatoms. The molecule has 2 atom stereocenters. The van der Waals surface area contributed by atoms with Gasteiger partial charge in [0.1, 0.15) is 0 Å². The lowest BCUT2D eigenvalue weighted by Gasteiger charge is -2.34. The number of thioether (sulfide) groups is 1. The quantitative estimate of drug-likeness (QED) is 0.858. The molecule has 1 aliphatic heterocycles. The Labute approximate surface area is 120 Å². The molecule has 1 saturated heterocycles. The topological polar surface area (TPSA) is 29.3 Å². The van der Waals surface area contributed by atoms with Gasteiger partial charge < -0.3 is 5.73 Å². The van der Waals surface area contributed by atoms with Crippen LogP contribution in [-0.2, 0) is 0 Å². The van der Waals surface area contributed by atoms with E-state index in [4.69, 9.17) is 5.73 Å². The Morgan fingerprint density at radius 3 is 2.47 bits per heavy atom. The number of hydrogen-bond donors (Lipinski definition) is 1. The van der Waals surface area contributed by atoms with Crippen molar-refractivity contribution in [3.05, 3.63) is 29.8 Å². The molecule has 0 aromatic heterocycles. The summed E-state index contributed by atoms with van der Waals surface area (Å²) in [6, 6.07) is 10.6. The van der Waals surface area contributed by atoms with Crippen LogP contribution in [0.25, 0.3) is 0 Å². The van der Waals surface area contributed by atoms with Crippen molar-refractivity contribution in [3.63, 3.8) is 0 Å². The summed E-state index contributed by atoms with van der Waals surface area (Å²) in [5.74, 6) is 0. The van der Waals surface area contributed by atoms with Gasteiger partial charge in [-0.05, 0) is 56.2 Å². The normalized spacial score (nSPS) is 29.2. The third-order valence-electron chi connectivity index (χ3n) is 4.44. The summed E-state index contributed by atoms with van der Waals surface area (Å²) >= 11 is 1.80. The minimum Gasteiger partial charge on any atom is -0.326 e. The largest absolute Gasteiger partial charge is 0.326 e. The molecule has 2 unspecified atom stereocenters. The van der Waals surface area contributed by atoms with Crippen molar-refractivity contribution < 1.29 is 0 Å². The number of hydrogen-bond acceptors (Lipinski definition) is 3. The van der Waals surface area contributed by atoms with Gasteiger partial charge in [0.25, 0.3) is 0 Å². The Morgan fingerprint density at radius 2 is 1.84 bits per heavy atom. The van der Waals surface area contributed by atoms with Crippen molar-refractivity contribution in [2.45, 2.75) is 55.1 Å². The molecule has 0 radical (unpaired) electrons. The summed E-state index contributed by atoms with van der Waals surface area (Å²) in [6.45, 7) is 1.23. The Hall–Kier alpha value is -0.510. The van der Waals surface area contributed by atoms with Gasteiger partial charge in [0.15, 0.2) is 0 Å². The van der Waals surface area contributed by atoms with Gasteiger partial charge in [-0.25, -0.2) is 0 Å². The first-order chi connectivity index (χ1) is 9.29. The van der Waals surface area contributed by atoms with E-state index >= 15 is 0 Å². The van der Waals surface area contributed by atoms with Crippen LogP contribution in [-0.4, -0.2) is 29.8 Å². The van der Waals surface area contributed by atoms with Crippen LogP contribution in [0, 0.1) is 0 Å². The van der Waals surface area contributed by atoms with Gasteiger partial charge in [-0.15, -0.1) is 11.8 Å². The van der Waals surface area contributed by atoms with E-state index in [1.807, 2.05) is 0 Å². The van der Waals surface area contributed by atoms with E-state index in [1.165, 1.54) is 42.7 Å². The highest BCUT2D eigenvalue weighted by molar-refractivity contribution is 7.98. The second kappa shape index (κ2) is 5.86. The SMILES string of the molecule is CSc1ccc(C2C(N)CCCCN2C2CC2)cc1. The van der Waals surface area contributed by atoms with Crippen LogP contribution in [0.5, 0.6) is 0 Å². The molecule has 0 bridgehead atoms. The van der Waals surface area contributed by atoms with E-state index in [0.717, 1.165) is 12.5 Å². The van der Waals surface area contributed by atoms with Crippen molar-refractivity contribution in [2.75, 3.05) is 12.8 Å². The summed E-state index contributed by atoms with van der Waals surface area (Å²) in [4.78, 5) is 4.02. The van der Waals surface area contributed by atoms with Crippen molar-refractivity contribution in [1.29, 1.82) is 0 Å². The smallest absolute Gasteiger partial charge is 0.0502 e. The molecule has 1 heterocycles. The fraction of sp³-hybridized carbons (Fsp3) is 0.625. The van der Waals surface area contributed by atoms with E-state index in [2.05, 4.69) is 35.4 Å². The number of rotatable bonds is 3. The van der Waals surface area contributed by atoms with Crippen LogP contribution in [0.3, 0.4) is 0 Å². The molecule has 104 valence electrons. The Kier molecular flexibility index (Phi) is 4.15. The second-order valence-electron chi connectivity index (χ2n) is 5.85. The standard InChI is InChI=1S/C16H24N2S/c1-19-14-9-5-12(6-10-14)16-15(17)4-2-3-11-18(16)13-7-8-13/h5-6,9-10,13,15-16H,2-4,7-8,11,17H2,1H3. The van der Waals surface area contributed by atoms with Crippen LogP contribution >= 0.6 is 11.8 Å². The fourth-order valence-electron chi connectivity index (χ4n) is 3.27. The highest BCUT2D eigenvalue weighted by Gasteiger charge is 2.38. The maximum Gasteiger partial charge on any atom is 0.0502 e. The molecule has 2 nitrogen and oxygen atoms in total. The number of benzene rings is 1. The van der Waals surface area contributed by atoms with Gasteiger partial charge in [-0.1, -0.05) is 18.6 Å². The molecular formula is C16H24N2S. The van der Waals surface area contributed by atoms with Gasteiger partial charge in [0.2, 0.25) is 0 Å². The van der Waals surface area contributed by atoms with Crippen molar-refractivity contribution in [3.8, 4) is 0 Å². The zero-order valence-electron chi connectivity index (χ0n) is 11.7. The summed E-state index contributed by atoms with van der Waals surface area (Å²) < 4.78 is 0. The first kappa shape index (κ1) is 13.5. The van der Waals surface area contributed by atoms with Crippen molar-refractivity contribution >= 4 is 11.8 Å². The molecule has 19 heavy (non-hydrogen) atoms. The average Bonchev–Trinajstić information content (AvgIpc) is 3.26. The Bertz CT molecular complexity index is 413. The van der Waals surface area contributed by atoms with E-state index in [9.17, 15) is 0 Å². The van der Waals surface area contributed by atoms with E-state index < -0.39 is 0 Å². The average molecular weight is 276 g/mol. The van der Waals surface area contributed by atoms with Crippen LogP contribution in [0.2, 0.25) is 0 Å². The highest BCUT2D eigenvalue weighted by Crippen LogP contribution is 2.38. The zero-order chi connectivity index (χ0) is 13.2. The molecule has 1 aromatic carbocycles. The number of likely N-dealkylation sites (tertiary alicyclic amines) is 1. The predicted molar refractivity (Wildman–Crippen MR) is 82.5 cm³/mol. The van der Waals surface area contributed by atoms with E-state index in [1.54, 1.807) is 11.8 Å². The Morgan fingerprint density at radius 1 is 1.11 bits per heavy atom. The Balaban J connectivity index is 1.87.